The number of nitrogens with zero attached hydrogens (tertiary/aromatic N) is 1. The molecule has 162 valence electrons. The predicted molar refractivity (Wildman–Crippen MR) is 121 cm³/mol. The maximum atomic E-state index is 12.4. The van der Waals surface area contributed by atoms with Crippen LogP contribution >= 0.6 is 11.8 Å². The zero-order chi connectivity index (χ0) is 21.2. The molecule has 2 aromatic rings. The van der Waals surface area contributed by atoms with Crippen LogP contribution in [-0.4, -0.2) is 43.4 Å². The van der Waals surface area contributed by atoms with E-state index in [1.807, 2.05) is 53.4 Å². The van der Waals surface area contributed by atoms with Crippen molar-refractivity contribution >= 4 is 17.7 Å². The third-order valence-electron chi connectivity index (χ3n) is 5.01. The van der Waals surface area contributed by atoms with Crippen molar-refractivity contribution in [1.82, 2.24) is 4.90 Å². The number of ether oxygens (including phenoxy) is 3. The van der Waals surface area contributed by atoms with Gasteiger partial charge in [0.15, 0.2) is 11.5 Å². The minimum Gasteiger partial charge on any atom is -0.493 e. The molecule has 2 aromatic carbocycles. The van der Waals surface area contributed by atoms with Gasteiger partial charge in [0.1, 0.15) is 12.0 Å². The number of carbonyl (C=O) groups is 1. The molecule has 1 fully saturated rings. The summed E-state index contributed by atoms with van der Waals surface area (Å²) in [6, 6.07) is 16.0. The summed E-state index contributed by atoms with van der Waals surface area (Å²) in [5.41, 5.74) is 2.16. The number of carbonyl (C=O) groups excluding carboxylic acids is 1. The Bertz CT molecular complexity index is 799. The van der Waals surface area contributed by atoms with Gasteiger partial charge in [0, 0.05) is 19.8 Å². The van der Waals surface area contributed by atoms with E-state index in [1.54, 1.807) is 18.9 Å². The molecule has 1 saturated heterocycles. The van der Waals surface area contributed by atoms with Gasteiger partial charge < -0.3 is 19.1 Å². The van der Waals surface area contributed by atoms with Crippen molar-refractivity contribution in [1.29, 1.82) is 0 Å². The van der Waals surface area contributed by atoms with E-state index in [-0.39, 0.29) is 11.3 Å². The first-order valence-corrected chi connectivity index (χ1v) is 11.6. The fraction of sp³-hybridized carbons (Fsp3) is 0.458. The van der Waals surface area contributed by atoms with E-state index >= 15 is 0 Å². The van der Waals surface area contributed by atoms with Crippen molar-refractivity contribution in [2.24, 2.45) is 0 Å². The molecule has 1 heterocycles. The van der Waals surface area contributed by atoms with E-state index in [2.05, 4.69) is 6.92 Å². The molecule has 0 N–H and O–H groups in total. The molecule has 0 aliphatic carbocycles. The van der Waals surface area contributed by atoms with E-state index in [0.29, 0.717) is 37.0 Å². The van der Waals surface area contributed by atoms with Crippen molar-refractivity contribution in [3.63, 3.8) is 0 Å². The smallest absolute Gasteiger partial charge is 0.233 e. The van der Waals surface area contributed by atoms with Crippen LogP contribution in [0.25, 0.3) is 0 Å². The molecule has 1 amide bonds. The molecule has 0 bridgehead atoms. The summed E-state index contributed by atoms with van der Waals surface area (Å²) in [6.07, 6.45) is 3.07. The quantitative estimate of drug-likeness (QED) is 0.442. The lowest BCUT2D eigenvalue weighted by molar-refractivity contribution is -0.128. The molecule has 0 aromatic heterocycles. The Balaban J connectivity index is 1.61. The van der Waals surface area contributed by atoms with Gasteiger partial charge in [-0.2, -0.15) is 0 Å². The summed E-state index contributed by atoms with van der Waals surface area (Å²) in [5, 5.41) is 0.00483. The van der Waals surface area contributed by atoms with Crippen molar-refractivity contribution in [3.05, 3.63) is 59.7 Å². The molecule has 0 saturated carbocycles. The van der Waals surface area contributed by atoms with Crippen LogP contribution < -0.4 is 9.47 Å². The molecule has 6 heteroatoms. The number of rotatable bonds is 12. The second-order valence-electron chi connectivity index (χ2n) is 7.25. The van der Waals surface area contributed by atoms with Gasteiger partial charge >= 0.3 is 0 Å². The summed E-state index contributed by atoms with van der Waals surface area (Å²) in [4.78, 5) is 14.4. The highest BCUT2D eigenvalue weighted by Crippen LogP contribution is 2.41. The van der Waals surface area contributed by atoms with Gasteiger partial charge in [-0.05, 0) is 36.1 Å². The van der Waals surface area contributed by atoms with Gasteiger partial charge in [-0.25, -0.2) is 0 Å². The first kappa shape index (κ1) is 22.5. The third kappa shape index (κ3) is 6.16. The number of benzene rings is 2. The molecule has 30 heavy (non-hydrogen) atoms. The Morgan fingerprint density at radius 2 is 1.87 bits per heavy atom. The van der Waals surface area contributed by atoms with Gasteiger partial charge in [-0.15, -0.1) is 11.8 Å². The number of methoxy groups -OCH3 is 1. The maximum absolute atomic E-state index is 12.4. The van der Waals surface area contributed by atoms with E-state index < -0.39 is 0 Å². The zero-order valence-electron chi connectivity index (χ0n) is 17.8. The van der Waals surface area contributed by atoms with Crippen LogP contribution in [-0.2, 0) is 16.1 Å². The van der Waals surface area contributed by atoms with Crippen LogP contribution in [0.3, 0.4) is 0 Å². The van der Waals surface area contributed by atoms with Crippen molar-refractivity contribution in [2.45, 2.75) is 38.2 Å². The van der Waals surface area contributed by atoms with Crippen molar-refractivity contribution < 1.29 is 19.0 Å². The summed E-state index contributed by atoms with van der Waals surface area (Å²) >= 11 is 1.66. The Hall–Kier alpha value is -2.18. The number of amides is 1. The SMILES string of the molecule is CCCCOCCCN1C(=O)CSC1c1ccc(OCc2ccccc2)c(OC)c1. The second kappa shape index (κ2) is 11.9. The van der Waals surface area contributed by atoms with Crippen LogP contribution in [0.1, 0.15) is 42.7 Å². The Morgan fingerprint density at radius 3 is 2.63 bits per heavy atom. The molecule has 1 atom stereocenters. The van der Waals surface area contributed by atoms with E-state index in [0.717, 1.165) is 37.0 Å². The molecule has 0 spiro atoms. The van der Waals surface area contributed by atoms with Crippen molar-refractivity contribution in [3.8, 4) is 11.5 Å². The maximum Gasteiger partial charge on any atom is 0.233 e. The normalized spacial score (nSPS) is 16.1. The third-order valence-corrected chi connectivity index (χ3v) is 6.26. The minimum absolute atomic E-state index is 0.00483. The van der Waals surface area contributed by atoms with Gasteiger partial charge in [0.25, 0.3) is 0 Å². The van der Waals surface area contributed by atoms with Crippen LogP contribution in [0.2, 0.25) is 0 Å². The van der Waals surface area contributed by atoms with Gasteiger partial charge in [-0.1, -0.05) is 49.7 Å². The summed E-state index contributed by atoms with van der Waals surface area (Å²) in [7, 11) is 1.65. The standard InChI is InChI=1S/C24H31NO4S/c1-3-4-14-28-15-8-13-25-23(26)18-30-24(25)20-11-12-21(22(16-20)27-2)29-17-19-9-6-5-7-10-19/h5-7,9-12,16,24H,3-4,8,13-15,17-18H2,1-2H3. The number of hydrogen-bond donors (Lipinski definition) is 0. The molecular formula is C24H31NO4S. The number of unbranched alkanes of at least 4 members (excludes halogenated alkanes) is 1. The molecule has 1 aliphatic heterocycles. The van der Waals surface area contributed by atoms with Crippen LogP contribution in [0.5, 0.6) is 11.5 Å². The first-order valence-electron chi connectivity index (χ1n) is 10.6. The van der Waals surface area contributed by atoms with E-state index in [4.69, 9.17) is 14.2 Å². The average molecular weight is 430 g/mol. The lowest BCUT2D eigenvalue weighted by Gasteiger charge is -2.25. The molecule has 1 unspecified atom stereocenters. The fourth-order valence-electron chi connectivity index (χ4n) is 3.35. The minimum atomic E-state index is 0.00483. The molecule has 3 rings (SSSR count). The first-order chi connectivity index (χ1) is 14.7. The lowest BCUT2D eigenvalue weighted by atomic mass is 10.1. The Kier molecular flexibility index (Phi) is 8.90. The van der Waals surface area contributed by atoms with Crippen molar-refractivity contribution in [2.75, 3.05) is 32.6 Å². The molecular weight excluding hydrogens is 398 g/mol. The largest absolute Gasteiger partial charge is 0.493 e. The molecule has 5 nitrogen and oxygen atoms in total. The molecule has 1 aliphatic rings. The highest BCUT2D eigenvalue weighted by Gasteiger charge is 2.32. The van der Waals surface area contributed by atoms with Crippen LogP contribution in [0.15, 0.2) is 48.5 Å². The van der Waals surface area contributed by atoms with Gasteiger partial charge in [0.05, 0.1) is 12.9 Å². The zero-order valence-corrected chi connectivity index (χ0v) is 18.7. The highest BCUT2D eigenvalue weighted by atomic mass is 32.2. The van der Waals surface area contributed by atoms with Gasteiger partial charge in [0.2, 0.25) is 5.91 Å². The second-order valence-corrected chi connectivity index (χ2v) is 8.32. The van der Waals surface area contributed by atoms with Gasteiger partial charge in [-0.3, -0.25) is 4.79 Å². The monoisotopic (exact) mass is 429 g/mol. The lowest BCUT2D eigenvalue weighted by Crippen LogP contribution is -2.30. The highest BCUT2D eigenvalue weighted by molar-refractivity contribution is 8.00. The Labute approximate surface area is 183 Å². The van der Waals surface area contributed by atoms with Crippen LogP contribution in [0, 0.1) is 0 Å². The summed E-state index contributed by atoms with van der Waals surface area (Å²) < 4.78 is 17.2. The molecule has 0 radical (unpaired) electrons. The van der Waals surface area contributed by atoms with E-state index in [9.17, 15) is 4.79 Å². The van der Waals surface area contributed by atoms with Crippen LogP contribution in [0.4, 0.5) is 0 Å². The topological polar surface area (TPSA) is 48.0 Å². The summed E-state index contributed by atoms with van der Waals surface area (Å²) in [6.45, 7) is 4.83. The Morgan fingerprint density at radius 1 is 1.07 bits per heavy atom. The predicted octanol–water partition coefficient (Wildman–Crippen LogP) is 5.06. The number of thioether (sulfide) groups is 1. The fourth-order valence-corrected chi connectivity index (χ4v) is 4.56. The number of hydrogen-bond acceptors (Lipinski definition) is 5. The summed E-state index contributed by atoms with van der Waals surface area (Å²) in [5.74, 6) is 2.08. The van der Waals surface area contributed by atoms with E-state index in [1.165, 1.54) is 0 Å². The average Bonchev–Trinajstić information content (AvgIpc) is 3.15.